The van der Waals surface area contributed by atoms with E-state index in [-0.39, 0.29) is 30.7 Å². The van der Waals surface area contributed by atoms with E-state index in [0.29, 0.717) is 48.5 Å². The van der Waals surface area contributed by atoms with E-state index in [1.54, 1.807) is 12.3 Å². The first kappa shape index (κ1) is 26.4. The fraction of sp³-hybridized carbons (Fsp3) is 0.538. The molecule has 3 aliphatic rings. The molecule has 3 aliphatic heterocycles. The van der Waals surface area contributed by atoms with E-state index in [1.807, 2.05) is 17.0 Å². The number of urea groups is 1. The van der Waals surface area contributed by atoms with Gasteiger partial charge in [0.25, 0.3) is 5.91 Å². The van der Waals surface area contributed by atoms with Crippen LogP contribution >= 0.6 is 11.6 Å². The molecule has 0 saturated carbocycles. The van der Waals surface area contributed by atoms with E-state index in [2.05, 4.69) is 36.1 Å². The SMILES string of the molecule is O=C1NCCc2cc(Nc3ncc(Cl)c(NC4CCN(C(=O)NC5CCN(CCF)CC5)CC4)n3)ccc21. The van der Waals surface area contributed by atoms with Crippen LogP contribution in [0.5, 0.6) is 0 Å². The van der Waals surface area contributed by atoms with Crippen molar-refractivity contribution in [1.29, 1.82) is 0 Å². The summed E-state index contributed by atoms with van der Waals surface area (Å²) >= 11 is 6.39. The van der Waals surface area contributed by atoms with Crippen LogP contribution in [-0.2, 0) is 6.42 Å². The number of likely N-dealkylation sites (tertiary alicyclic amines) is 2. The molecule has 0 atom stereocenters. The Morgan fingerprint density at radius 3 is 2.66 bits per heavy atom. The Kier molecular flexibility index (Phi) is 8.43. The van der Waals surface area contributed by atoms with E-state index >= 15 is 0 Å². The van der Waals surface area contributed by atoms with Crippen LogP contribution in [0.15, 0.2) is 24.4 Å². The maximum absolute atomic E-state index is 12.8. The van der Waals surface area contributed by atoms with Gasteiger partial charge in [-0.2, -0.15) is 4.98 Å². The maximum Gasteiger partial charge on any atom is 0.317 e. The zero-order valence-electron chi connectivity index (χ0n) is 21.3. The third kappa shape index (κ3) is 6.44. The second kappa shape index (κ2) is 12.1. The number of rotatable bonds is 7. The lowest BCUT2D eigenvalue weighted by Gasteiger charge is -2.36. The Balaban J connectivity index is 1.11. The third-order valence-corrected chi connectivity index (χ3v) is 7.75. The number of carbonyl (C=O) groups is 2. The van der Waals surface area contributed by atoms with E-state index in [4.69, 9.17) is 11.6 Å². The smallest absolute Gasteiger partial charge is 0.317 e. The topological polar surface area (TPSA) is 115 Å². The predicted molar refractivity (Wildman–Crippen MR) is 145 cm³/mol. The Morgan fingerprint density at radius 1 is 1.13 bits per heavy atom. The van der Waals surface area contributed by atoms with Crippen LogP contribution in [0.25, 0.3) is 0 Å². The zero-order valence-corrected chi connectivity index (χ0v) is 22.1. The minimum absolute atomic E-state index is 0.0264. The number of hydrogen-bond acceptors (Lipinski definition) is 7. The molecule has 0 bridgehead atoms. The lowest BCUT2D eigenvalue weighted by molar-refractivity contribution is 0.0946. The molecule has 1 aromatic carbocycles. The number of nitrogens with one attached hydrogen (secondary N) is 4. The number of piperidine rings is 2. The fourth-order valence-corrected chi connectivity index (χ4v) is 5.42. The molecule has 5 rings (SSSR count). The van der Waals surface area contributed by atoms with Gasteiger partial charge < -0.3 is 31.1 Å². The van der Waals surface area contributed by atoms with Gasteiger partial charge in [0.2, 0.25) is 5.95 Å². The van der Waals surface area contributed by atoms with E-state index < -0.39 is 0 Å². The average Bonchev–Trinajstić information content (AvgIpc) is 2.92. The van der Waals surface area contributed by atoms with Crippen LogP contribution in [0.3, 0.4) is 0 Å². The van der Waals surface area contributed by atoms with Gasteiger partial charge in [-0.1, -0.05) is 11.6 Å². The van der Waals surface area contributed by atoms with Crippen molar-refractivity contribution in [2.75, 3.05) is 56.6 Å². The van der Waals surface area contributed by atoms with Crippen molar-refractivity contribution in [2.24, 2.45) is 0 Å². The molecule has 4 N–H and O–H groups in total. The molecular formula is C26H34ClFN8O2. The van der Waals surface area contributed by atoms with Crippen molar-refractivity contribution in [3.05, 3.63) is 40.5 Å². The van der Waals surface area contributed by atoms with E-state index in [9.17, 15) is 14.0 Å². The average molecular weight is 545 g/mol. The largest absolute Gasteiger partial charge is 0.366 e. The van der Waals surface area contributed by atoms with Crippen LogP contribution in [0, 0.1) is 0 Å². The van der Waals surface area contributed by atoms with Crippen LogP contribution in [0.4, 0.5) is 26.6 Å². The van der Waals surface area contributed by atoms with Gasteiger partial charge in [0.05, 0.1) is 6.20 Å². The minimum Gasteiger partial charge on any atom is -0.366 e. The maximum atomic E-state index is 12.8. The summed E-state index contributed by atoms with van der Waals surface area (Å²) in [4.78, 5) is 37.6. The van der Waals surface area contributed by atoms with Crippen LogP contribution < -0.4 is 21.3 Å². The Morgan fingerprint density at radius 2 is 1.89 bits per heavy atom. The number of alkyl halides is 1. The molecule has 0 spiro atoms. The standard InChI is InChI=1S/C26H34ClFN8O2/c27-22-16-30-25(32-20-1-2-21-17(15-20)3-9-29-24(21)37)34-23(22)31-18-6-12-36(13-7-18)26(38)33-19-4-10-35(11-5-19)14-8-28/h1-2,15-16,18-19H,3-14H2,(H,29,37)(H,33,38)(H2,30,31,32,34). The van der Waals surface area contributed by atoms with Gasteiger partial charge in [-0.15, -0.1) is 0 Å². The van der Waals surface area contributed by atoms with E-state index in [1.165, 1.54) is 0 Å². The van der Waals surface area contributed by atoms with Gasteiger partial charge in [0, 0.05) is 62.6 Å². The summed E-state index contributed by atoms with van der Waals surface area (Å²) in [6.07, 6.45) is 5.60. The molecule has 10 nitrogen and oxygen atoms in total. The lowest BCUT2D eigenvalue weighted by atomic mass is 10.00. The molecule has 2 saturated heterocycles. The number of aromatic nitrogens is 2. The van der Waals surface area contributed by atoms with Crippen molar-refractivity contribution in [3.63, 3.8) is 0 Å². The van der Waals surface area contributed by atoms with Gasteiger partial charge in [0.1, 0.15) is 11.7 Å². The predicted octanol–water partition coefficient (Wildman–Crippen LogP) is 3.18. The molecule has 38 heavy (non-hydrogen) atoms. The van der Waals surface area contributed by atoms with Gasteiger partial charge in [0.15, 0.2) is 5.82 Å². The normalized spacial score (nSPS) is 19.0. The summed E-state index contributed by atoms with van der Waals surface area (Å²) in [6, 6.07) is 5.84. The Hall–Kier alpha value is -3.18. The minimum atomic E-state index is -0.325. The summed E-state index contributed by atoms with van der Waals surface area (Å²) in [6.45, 7) is 3.70. The first-order chi connectivity index (χ1) is 18.5. The second-order valence-electron chi connectivity index (χ2n) is 10.1. The summed E-state index contributed by atoms with van der Waals surface area (Å²) in [7, 11) is 0. The molecule has 2 fully saturated rings. The quantitative estimate of drug-likeness (QED) is 0.423. The van der Waals surface area contributed by atoms with Crippen molar-refractivity contribution in [2.45, 2.75) is 44.2 Å². The number of benzene rings is 1. The summed E-state index contributed by atoms with van der Waals surface area (Å²) in [5.41, 5.74) is 2.49. The molecule has 2 aromatic rings. The Labute approximate surface area is 226 Å². The van der Waals surface area contributed by atoms with Crippen molar-refractivity contribution < 1.29 is 14.0 Å². The highest BCUT2D eigenvalue weighted by Gasteiger charge is 2.27. The first-order valence-corrected chi connectivity index (χ1v) is 13.7. The highest BCUT2D eigenvalue weighted by atomic mass is 35.5. The number of anilines is 3. The number of halogens is 2. The molecule has 204 valence electrons. The Bertz CT molecular complexity index is 1150. The van der Waals surface area contributed by atoms with Gasteiger partial charge in [-0.25, -0.2) is 14.2 Å². The summed E-state index contributed by atoms with van der Waals surface area (Å²) in [5.74, 6) is 0.905. The van der Waals surface area contributed by atoms with Gasteiger partial charge in [-0.3, -0.25) is 4.79 Å². The number of amides is 3. The molecule has 0 radical (unpaired) electrons. The van der Waals surface area contributed by atoms with Crippen molar-refractivity contribution in [1.82, 2.24) is 30.4 Å². The second-order valence-corrected chi connectivity index (χ2v) is 10.5. The lowest BCUT2D eigenvalue weighted by Crippen LogP contribution is -2.52. The molecule has 0 aliphatic carbocycles. The molecule has 3 amide bonds. The number of hydrogen-bond donors (Lipinski definition) is 4. The molecule has 12 heteroatoms. The number of nitrogens with zero attached hydrogens (tertiary/aromatic N) is 4. The van der Waals surface area contributed by atoms with Gasteiger partial charge in [-0.05, 0) is 55.9 Å². The molecule has 0 unspecified atom stereocenters. The van der Waals surface area contributed by atoms with Crippen LogP contribution in [-0.4, -0.2) is 89.7 Å². The van der Waals surface area contributed by atoms with Gasteiger partial charge >= 0.3 is 6.03 Å². The molecular weight excluding hydrogens is 511 g/mol. The third-order valence-electron chi connectivity index (χ3n) is 7.47. The first-order valence-electron chi connectivity index (χ1n) is 13.3. The number of fused-ring (bicyclic) bond motifs is 1. The summed E-state index contributed by atoms with van der Waals surface area (Å²) in [5, 5.41) is 13.1. The highest BCUT2D eigenvalue weighted by Crippen LogP contribution is 2.26. The van der Waals surface area contributed by atoms with Crippen LogP contribution in [0.1, 0.15) is 41.6 Å². The van der Waals surface area contributed by atoms with E-state index in [0.717, 1.165) is 56.4 Å². The van der Waals surface area contributed by atoms with Crippen molar-refractivity contribution >= 4 is 41.0 Å². The highest BCUT2D eigenvalue weighted by molar-refractivity contribution is 6.32. The van der Waals surface area contributed by atoms with Crippen molar-refractivity contribution in [3.8, 4) is 0 Å². The molecule has 1 aromatic heterocycles. The summed E-state index contributed by atoms with van der Waals surface area (Å²) < 4.78 is 12.5. The zero-order chi connectivity index (χ0) is 26.5. The fourth-order valence-electron chi connectivity index (χ4n) is 5.27. The van der Waals surface area contributed by atoms with Crippen LogP contribution in [0.2, 0.25) is 5.02 Å². The number of carbonyl (C=O) groups excluding carboxylic acids is 2. The monoisotopic (exact) mass is 544 g/mol. The molecule has 4 heterocycles.